The van der Waals surface area contributed by atoms with Gasteiger partial charge >= 0.3 is 5.97 Å². The van der Waals surface area contributed by atoms with Crippen molar-refractivity contribution in [2.24, 2.45) is 0 Å². The summed E-state index contributed by atoms with van der Waals surface area (Å²) in [5, 5.41) is 2.78. The minimum absolute atomic E-state index is 0.0727. The number of hydrogen-bond donors (Lipinski definition) is 1. The average Bonchev–Trinajstić information content (AvgIpc) is 2.35. The van der Waals surface area contributed by atoms with Gasteiger partial charge in [0.15, 0.2) is 0 Å². The van der Waals surface area contributed by atoms with Crippen LogP contribution in [0.4, 0.5) is 5.69 Å². The Kier molecular flexibility index (Phi) is 5.67. The number of aromatic nitrogens is 1. The van der Waals surface area contributed by atoms with Crippen molar-refractivity contribution in [2.45, 2.75) is 52.6 Å². The van der Waals surface area contributed by atoms with E-state index < -0.39 is 5.60 Å². The normalized spacial score (nSPS) is 11.0. The van der Waals surface area contributed by atoms with Crippen molar-refractivity contribution in [1.82, 2.24) is 4.98 Å². The zero-order chi connectivity index (χ0) is 15.2. The topological polar surface area (TPSA) is 68.3 Å². The van der Waals surface area contributed by atoms with Crippen molar-refractivity contribution in [3.05, 3.63) is 24.0 Å². The van der Waals surface area contributed by atoms with Crippen LogP contribution >= 0.6 is 0 Å². The van der Waals surface area contributed by atoms with Crippen molar-refractivity contribution >= 4 is 17.6 Å². The summed E-state index contributed by atoms with van der Waals surface area (Å²) in [4.78, 5) is 27.3. The van der Waals surface area contributed by atoms with Gasteiger partial charge in [0.25, 0.3) is 0 Å². The summed E-state index contributed by atoms with van der Waals surface area (Å²) in [5.74, 6) is -0.340. The Bertz CT molecular complexity index is 478. The highest BCUT2D eigenvalue weighted by Crippen LogP contribution is 2.16. The number of esters is 1. The smallest absolute Gasteiger partial charge is 0.306 e. The minimum Gasteiger partial charge on any atom is -0.460 e. The average molecular weight is 278 g/mol. The van der Waals surface area contributed by atoms with Gasteiger partial charge in [0.1, 0.15) is 5.60 Å². The summed E-state index contributed by atoms with van der Waals surface area (Å²) >= 11 is 0. The monoisotopic (exact) mass is 278 g/mol. The first kappa shape index (κ1) is 16.1. The van der Waals surface area contributed by atoms with Gasteiger partial charge in [0, 0.05) is 19.0 Å². The zero-order valence-electron chi connectivity index (χ0n) is 12.5. The van der Waals surface area contributed by atoms with E-state index >= 15 is 0 Å². The minimum atomic E-state index is -0.486. The molecule has 0 saturated carbocycles. The molecule has 20 heavy (non-hydrogen) atoms. The number of carbonyl (C=O) groups is 2. The molecule has 0 saturated heterocycles. The van der Waals surface area contributed by atoms with Gasteiger partial charge in [-0.1, -0.05) is 6.92 Å². The summed E-state index contributed by atoms with van der Waals surface area (Å²) in [6, 6.07) is 3.53. The Labute approximate surface area is 119 Å². The number of nitrogens with one attached hydrogen (secondary N) is 1. The molecule has 0 aromatic carbocycles. The van der Waals surface area contributed by atoms with E-state index in [0.717, 1.165) is 0 Å². The number of aryl methyl sites for hydroxylation is 1. The molecule has 0 spiro atoms. The standard InChI is InChI=1S/C15H22N2O3/c1-5-13(18)17-12-7-6-10-16-11(12)8-9-14(19)20-15(2,3)4/h6-7,10H,5,8-9H2,1-4H3,(H,17,18). The van der Waals surface area contributed by atoms with Crippen LogP contribution in [0.2, 0.25) is 0 Å². The molecule has 1 N–H and O–H groups in total. The maximum atomic E-state index is 11.7. The number of nitrogens with zero attached hydrogens (tertiary/aromatic N) is 1. The van der Waals surface area contributed by atoms with E-state index in [2.05, 4.69) is 10.3 Å². The van der Waals surface area contributed by atoms with Crippen molar-refractivity contribution in [3.8, 4) is 0 Å². The third kappa shape index (κ3) is 5.82. The molecule has 5 heteroatoms. The van der Waals surface area contributed by atoms with Crippen LogP contribution in [0.3, 0.4) is 0 Å². The Morgan fingerprint density at radius 2 is 2.05 bits per heavy atom. The lowest BCUT2D eigenvalue weighted by Crippen LogP contribution is -2.24. The molecule has 5 nitrogen and oxygen atoms in total. The van der Waals surface area contributed by atoms with E-state index in [-0.39, 0.29) is 18.3 Å². The first-order chi connectivity index (χ1) is 9.31. The van der Waals surface area contributed by atoms with Crippen LogP contribution < -0.4 is 5.32 Å². The summed E-state index contributed by atoms with van der Waals surface area (Å²) in [6.07, 6.45) is 2.73. The molecule has 1 amide bonds. The highest BCUT2D eigenvalue weighted by atomic mass is 16.6. The van der Waals surface area contributed by atoms with Crippen molar-refractivity contribution in [1.29, 1.82) is 0 Å². The predicted octanol–water partition coefficient (Wildman–Crippen LogP) is 2.70. The molecule has 1 aromatic heterocycles. The number of carbonyl (C=O) groups excluding carboxylic acids is 2. The van der Waals surface area contributed by atoms with Crippen molar-refractivity contribution in [2.75, 3.05) is 5.32 Å². The lowest BCUT2D eigenvalue weighted by molar-refractivity contribution is -0.154. The van der Waals surface area contributed by atoms with Gasteiger partial charge in [-0.3, -0.25) is 14.6 Å². The number of rotatable bonds is 5. The second kappa shape index (κ2) is 7.03. The van der Waals surface area contributed by atoms with Crippen LogP contribution in [0.25, 0.3) is 0 Å². The largest absolute Gasteiger partial charge is 0.460 e. The fraction of sp³-hybridized carbons (Fsp3) is 0.533. The van der Waals surface area contributed by atoms with E-state index in [4.69, 9.17) is 4.74 Å². The molecule has 110 valence electrons. The molecule has 0 fully saturated rings. The van der Waals surface area contributed by atoms with E-state index in [0.29, 0.717) is 24.2 Å². The molecule has 0 atom stereocenters. The first-order valence-electron chi connectivity index (χ1n) is 6.77. The number of ether oxygens (including phenoxy) is 1. The Balaban J connectivity index is 2.64. The van der Waals surface area contributed by atoms with Gasteiger partial charge in [-0.05, 0) is 32.9 Å². The molecule has 0 aliphatic rings. The molecule has 1 rings (SSSR count). The molecule has 0 unspecified atom stereocenters. The van der Waals surface area contributed by atoms with Gasteiger partial charge in [0.05, 0.1) is 17.8 Å². The molecular formula is C15H22N2O3. The third-order valence-electron chi connectivity index (χ3n) is 2.47. The molecule has 1 aromatic rings. The zero-order valence-corrected chi connectivity index (χ0v) is 12.5. The number of anilines is 1. The predicted molar refractivity (Wildman–Crippen MR) is 77.3 cm³/mol. The summed E-state index contributed by atoms with van der Waals surface area (Å²) in [6.45, 7) is 7.28. The number of amides is 1. The van der Waals surface area contributed by atoms with E-state index in [1.54, 1.807) is 25.3 Å². The van der Waals surface area contributed by atoms with E-state index in [1.165, 1.54) is 0 Å². The fourth-order valence-corrected chi connectivity index (χ4v) is 1.60. The fourth-order valence-electron chi connectivity index (χ4n) is 1.60. The summed E-state index contributed by atoms with van der Waals surface area (Å²) < 4.78 is 5.25. The third-order valence-corrected chi connectivity index (χ3v) is 2.47. The van der Waals surface area contributed by atoms with Crippen LogP contribution in [-0.2, 0) is 20.7 Å². The van der Waals surface area contributed by atoms with Gasteiger partial charge in [0.2, 0.25) is 5.91 Å². The summed E-state index contributed by atoms with van der Waals surface area (Å²) in [7, 11) is 0. The second-order valence-corrected chi connectivity index (χ2v) is 5.49. The van der Waals surface area contributed by atoms with Crippen LogP contribution in [0.1, 0.15) is 46.2 Å². The van der Waals surface area contributed by atoms with Crippen molar-refractivity contribution < 1.29 is 14.3 Å². The van der Waals surface area contributed by atoms with Gasteiger partial charge < -0.3 is 10.1 Å². The van der Waals surface area contributed by atoms with E-state index in [9.17, 15) is 9.59 Å². The van der Waals surface area contributed by atoms with Crippen LogP contribution in [0.15, 0.2) is 18.3 Å². The molecule has 1 heterocycles. The van der Waals surface area contributed by atoms with Crippen molar-refractivity contribution in [3.63, 3.8) is 0 Å². The molecule has 0 aliphatic heterocycles. The highest BCUT2D eigenvalue weighted by Gasteiger charge is 2.17. The van der Waals surface area contributed by atoms with Crippen LogP contribution in [0.5, 0.6) is 0 Å². The first-order valence-corrected chi connectivity index (χ1v) is 6.77. The Hall–Kier alpha value is -1.91. The lowest BCUT2D eigenvalue weighted by atomic mass is 10.1. The lowest BCUT2D eigenvalue weighted by Gasteiger charge is -2.19. The van der Waals surface area contributed by atoms with Crippen LogP contribution in [0, 0.1) is 0 Å². The molecule has 0 radical (unpaired) electrons. The molecule has 0 aliphatic carbocycles. The van der Waals surface area contributed by atoms with E-state index in [1.807, 2.05) is 20.8 Å². The Morgan fingerprint density at radius 1 is 1.35 bits per heavy atom. The number of hydrogen-bond acceptors (Lipinski definition) is 4. The summed E-state index contributed by atoms with van der Waals surface area (Å²) in [5.41, 5.74) is 0.864. The maximum Gasteiger partial charge on any atom is 0.306 e. The van der Waals surface area contributed by atoms with Gasteiger partial charge in [-0.2, -0.15) is 0 Å². The van der Waals surface area contributed by atoms with Crippen LogP contribution in [-0.4, -0.2) is 22.5 Å². The molecule has 0 bridgehead atoms. The van der Waals surface area contributed by atoms with Gasteiger partial charge in [-0.25, -0.2) is 0 Å². The SMILES string of the molecule is CCC(=O)Nc1cccnc1CCC(=O)OC(C)(C)C. The van der Waals surface area contributed by atoms with Gasteiger partial charge in [-0.15, -0.1) is 0 Å². The molecular weight excluding hydrogens is 256 g/mol. The number of pyridine rings is 1. The second-order valence-electron chi connectivity index (χ2n) is 5.49. The Morgan fingerprint density at radius 3 is 2.65 bits per heavy atom. The quantitative estimate of drug-likeness (QED) is 0.841. The highest BCUT2D eigenvalue weighted by molar-refractivity contribution is 5.91. The maximum absolute atomic E-state index is 11.7.